The Kier molecular flexibility index (Phi) is 4.17. The second-order valence-corrected chi connectivity index (χ2v) is 4.42. The van der Waals surface area contributed by atoms with Gasteiger partial charge in [-0.25, -0.2) is 4.79 Å². The van der Waals surface area contributed by atoms with E-state index in [1.807, 2.05) is 0 Å². The van der Waals surface area contributed by atoms with Gasteiger partial charge in [-0.3, -0.25) is 19.8 Å². The van der Waals surface area contributed by atoms with E-state index in [1.165, 1.54) is 19.1 Å². The van der Waals surface area contributed by atoms with Crippen molar-refractivity contribution in [2.75, 3.05) is 4.90 Å². The number of carboxylic acid groups (broad SMARTS) is 1. The summed E-state index contributed by atoms with van der Waals surface area (Å²) < 4.78 is 0. The van der Waals surface area contributed by atoms with Crippen molar-refractivity contribution in [3.63, 3.8) is 0 Å². The average molecular weight is 300 g/mol. The smallest absolute Gasteiger partial charge is 0.344 e. The molecule has 7 nitrogen and oxygen atoms in total. The van der Waals surface area contributed by atoms with Crippen molar-refractivity contribution < 1.29 is 19.6 Å². The van der Waals surface area contributed by atoms with Crippen LogP contribution in [0.15, 0.2) is 48.5 Å². The van der Waals surface area contributed by atoms with Gasteiger partial charge in [0.15, 0.2) is 5.56 Å². The summed E-state index contributed by atoms with van der Waals surface area (Å²) in [5.41, 5.74) is -0.697. The zero-order chi connectivity index (χ0) is 16.3. The number of hydrogen-bond acceptors (Lipinski definition) is 4. The third kappa shape index (κ3) is 2.78. The molecule has 0 heterocycles. The largest absolute Gasteiger partial charge is 0.477 e. The third-order valence-corrected chi connectivity index (χ3v) is 3.00. The number of para-hydroxylation sites is 1. The lowest BCUT2D eigenvalue weighted by Gasteiger charge is -2.22. The molecular weight excluding hydrogens is 288 g/mol. The first-order valence-corrected chi connectivity index (χ1v) is 6.30. The highest BCUT2D eigenvalue weighted by Crippen LogP contribution is 2.33. The number of nitro groups is 1. The second-order valence-electron chi connectivity index (χ2n) is 4.42. The lowest BCUT2D eigenvalue weighted by atomic mass is 10.1. The summed E-state index contributed by atoms with van der Waals surface area (Å²) in [4.78, 5) is 34.8. The minimum Gasteiger partial charge on any atom is -0.477 e. The monoisotopic (exact) mass is 300 g/mol. The summed E-state index contributed by atoms with van der Waals surface area (Å²) in [7, 11) is 0. The number of nitrogens with zero attached hydrogens (tertiary/aromatic N) is 2. The Bertz CT molecular complexity index is 743. The van der Waals surface area contributed by atoms with Gasteiger partial charge in [-0.15, -0.1) is 0 Å². The molecule has 0 aliphatic rings. The number of carbonyl (C=O) groups is 2. The molecule has 2 aromatic rings. The third-order valence-electron chi connectivity index (χ3n) is 3.00. The SMILES string of the molecule is CC(=O)N(c1ccccc1)c1cccc([N+](=O)[O-])c1C(=O)O. The maximum atomic E-state index is 12.0. The number of amides is 1. The molecule has 2 aromatic carbocycles. The molecule has 0 aliphatic heterocycles. The molecule has 2 rings (SSSR count). The predicted octanol–water partition coefficient (Wildman–Crippen LogP) is 2.98. The van der Waals surface area contributed by atoms with Crippen LogP contribution in [-0.2, 0) is 4.79 Å². The van der Waals surface area contributed by atoms with Crippen LogP contribution in [0, 0.1) is 10.1 Å². The number of benzene rings is 2. The van der Waals surface area contributed by atoms with Gasteiger partial charge in [0.05, 0.1) is 10.6 Å². The van der Waals surface area contributed by atoms with E-state index in [1.54, 1.807) is 30.3 Å². The molecule has 0 fully saturated rings. The van der Waals surface area contributed by atoms with E-state index >= 15 is 0 Å². The van der Waals surface area contributed by atoms with Crippen LogP contribution in [0.4, 0.5) is 17.1 Å². The Morgan fingerprint density at radius 3 is 2.23 bits per heavy atom. The van der Waals surface area contributed by atoms with E-state index in [0.29, 0.717) is 5.69 Å². The highest BCUT2D eigenvalue weighted by molar-refractivity contribution is 6.07. The Morgan fingerprint density at radius 1 is 1.09 bits per heavy atom. The summed E-state index contributed by atoms with van der Waals surface area (Å²) >= 11 is 0. The van der Waals surface area contributed by atoms with Gasteiger partial charge in [-0.2, -0.15) is 0 Å². The van der Waals surface area contributed by atoms with Crippen molar-refractivity contribution in [3.8, 4) is 0 Å². The quantitative estimate of drug-likeness (QED) is 0.691. The maximum absolute atomic E-state index is 12.0. The summed E-state index contributed by atoms with van der Waals surface area (Å²) in [5, 5.41) is 20.4. The minimum atomic E-state index is -1.47. The Balaban J connectivity index is 2.73. The standard InChI is InChI=1S/C15H12N2O5/c1-10(18)16(11-6-3-2-4-7-11)12-8-5-9-13(17(21)22)14(12)15(19)20/h2-9H,1H3,(H,19,20). The fourth-order valence-corrected chi connectivity index (χ4v) is 2.15. The van der Waals surface area contributed by atoms with Gasteiger partial charge in [0.2, 0.25) is 5.91 Å². The van der Waals surface area contributed by atoms with Crippen molar-refractivity contribution >= 4 is 28.9 Å². The van der Waals surface area contributed by atoms with E-state index in [0.717, 1.165) is 11.0 Å². The first-order valence-electron chi connectivity index (χ1n) is 6.30. The fourth-order valence-electron chi connectivity index (χ4n) is 2.15. The molecule has 0 saturated heterocycles. The highest BCUT2D eigenvalue weighted by Gasteiger charge is 2.28. The van der Waals surface area contributed by atoms with Crippen molar-refractivity contribution in [3.05, 3.63) is 64.2 Å². The lowest BCUT2D eigenvalue weighted by Crippen LogP contribution is -2.25. The van der Waals surface area contributed by atoms with Crippen molar-refractivity contribution in [1.82, 2.24) is 0 Å². The molecule has 1 amide bonds. The number of anilines is 2. The predicted molar refractivity (Wildman–Crippen MR) is 79.3 cm³/mol. The van der Waals surface area contributed by atoms with Crippen LogP contribution < -0.4 is 4.90 Å². The molecule has 0 spiro atoms. The van der Waals surface area contributed by atoms with Gasteiger partial charge in [-0.1, -0.05) is 24.3 Å². The molecule has 112 valence electrons. The molecule has 22 heavy (non-hydrogen) atoms. The van der Waals surface area contributed by atoms with E-state index < -0.39 is 28.1 Å². The molecule has 0 saturated carbocycles. The summed E-state index contributed by atoms with van der Waals surface area (Å²) in [5.74, 6) is -1.92. The minimum absolute atomic E-state index is 0.0413. The molecule has 0 unspecified atom stereocenters. The normalized spacial score (nSPS) is 10.0. The van der Waals surface area contributed by atoms with Crippen LogP contribution in [0.2, 0.25) is 0 Å². The Labute approximate surface area is 125 Å². The van der Waals surface area contributed by atoms with Crippen LogP contribution in [-0.4, -0.2) is 21.9 Å². The zero-order valence-corrected chi connectivity index (χ0v) is 11.6. The number of nitro benzene ring substituents is 1. The molecule has 1 N–H and O–H groups in total. The second kappa shape index (κ2) is 6.04. The highest BCUT2D eigenvalue weighted by atomic mass is 16.6. The van der Waals surface area contributed by atoms with Crippen molar-refractivity contribution in [1.29, 1.82) is 0 Å². The first kappa shape index (κ1) is 15.2. The van der Waals surface area contributed by atoms with Gasteiger partial charge >= 0.3 is 5.97 Å². The van der Waals surface area contributed by atoms with Gasteiger partial charge < -0.3 is 5.11 Å². The Morgan fingerprint density at radius 2 is 1.73 bits per heavy atom. The number of aromatic carboxylic acids is 1. The average Bonchev–Trinajstić information content (AvgIpc) is 2.47. The molecule has 0 aromatic heterocycles. The number of hydrogen-bond donors (Lipinski definition) is 1. The van der Waals surface area contributed by atoms with Crippen LogP contribution in [0.25, 0.3) is 0 Å². The van der Waals surface area contributed by atoms with Crippen LogP contribution in [0.3, 0.4) is 0 Å². The number of rotatable bonds is 4. The van der Waals surface area contributed by atoms with Gasteiger partial charge in [-0.05, 0) is 18.2 Å². The Hall–Kier alpha value is -3.22. The van der Waals surface area contributed by atoms with Gasteiger partial charge in [0.25, 0.3) is 5.69 Å². The fraction of sp³-hybridized carbons (Fsp3) is 0.0667. The van der Waals surface area contributed by atoms with Crippen LogP contribution in [0.1, 0.15) is 17.3 Å². The molecule has 0 radical (unpaired) electrons. The maximum Gasteiger partial charge on any atom is 0.344 e. The van der Waals surface area contributed by atoms with E-state index in [4.69, 9.17) is 0 Å². The molecule has 7 heteroatoms. The first-order chi connectivity index (χ1) is 10.4. The summed E-state index contributed by atoms with van der Waals surface area (Å²) in [6.45, 7) is 1.26. The van der Waals surface area contributed by atoms with E-state index in [-0.39, 0.29) is 5.69 Å². The zero-order valence-electron chi connectivity index (χ0n) is 11.6. The summed E-state index contributed by atoms with van der Waals surface area (Å²) in [6, 6.07) is 12.1. The summed E-state index contributed by atoms with van der Waals surface area (Å²) in [6.07, 6.45) is 0. The number of carbonyl (C=O) groups excluding carboxylic acids is 1. The van der Waals surface area contributed by atoms with Crippen LogP contribution >= 0.6 is 0 Å². The molecule has 0 aliphatic carbocycles. The molecular formula is C15H12N2O5. The van der Waals surface area contributed by atoms with Crippen LogP contribution in [0.5, 0.6) is 0 Å². The van der Waals surface area contributed by atoms with Crippen molar-refractivity contribution in [2.45, 2.75) is 6.92 Å². The molecule has 0 atom stereocenters. The van der Waals surface area contributed by atoms with E-state index in [9.17, 15) is 24.8 Å². The topological polar surface area (TPSA) is 101 Å². The molecule has 0 bridgehead atoms. The van der Waals surface area contributed by atoms with Gasteiger partial charge in [0, 0.05) is 18.7 Å². The van der Waals surface area contributed by atoms with E-state index in [2.05, 4.69) is 0 Å². The van der Waals surface area contributed by atoms with Crippen molar-refractivity contribution in [2.24, 2.45) is 0 Å². The number of carboxylic acids is 1. The lowest BCUT2D eigenvalue weighted by molar-refractivity contribution is -0.385. The van der Waals surface area contributed by atoms with Gasteiger partial charge in [0.1, 0.15) is 0 Å².